The molecule has 0 unspecified atom stereocenters. The van der Waals surface area contributed by atoms with Crippen molar-refractivity contribution in [1.82, 2.24) is 4.98 Å². The van der Waals surface area contributed by atoms with Gasteiger partial charge in [0.15, 0.2) is 0 Å². The molecule has 68 valence electrons. The normalized spacial score (nSPS) is 14.2. The highest BCUT2D eigenvalue weighted by atomic mass is 16.3. The molecule has 0 saturated carbocycles. The van der Waals surface area contributed by atoms with E-state index in [9.17, 15) is 5.11 Å². The van der Waals surface area contributed by atoms with Crippen molar-refractivity contribution in [3.05, 3.63) is 41.0 Å². The molecule has 13 heavy (non-hydrogen) atoms. The van der Waals surface area contributed by atoms with Gasteiger partial charge in [-0.2, -0.15) is 0 Å². The van der Waals surface area contributed by atoms with Crippen LogP contribution in [0.5, 0.6) is 0 Å². The fourth-order valence-corrected chi connectivity index (χ4v) is 1.10. The van der Waals surface area contributed by atoms with Gasteiger partial charge in [-0.3, -0.25) is 0 Å². The Labute approximate surface area is 77.6 Å². The van der Waals surface area contributed by atoms with E-state index in [4.69, 9.17) is 0 Å². The molecule has 0 aliphatic rings. The smallest absolute Gasteiger partial charge is 0.141 e. The van der Waals surface area contributed by atoms with E-state index in [2.05, 4.69) is 11.6 Å². The van der Waals surface area contributed by atoms with Crippen molar-refractivity contribution in [2.45, 2.75) is 13.8 Å². The summed E-state index contributed by atoms with van der Waals surface area (Å²) in [6.07, 6.45) is 3.30. The van der Waals surface area contributed by atoms with E-state index in [0.29, 0.717) is 5.35 Å². The van der Waals surface area contributed by atoms with Crippen molar-refractivity contribution in [3.63, 3.8) is 0 Å². The van der Waals surface area contributed by atoms with Crippen LogP contribution in [0.3, 0.4) is 0 Å². The maximum Gasteiger partial charge on any atom is 0.141 e. The molecule has 1 aromatic heterocycles. The lowest BCUT2D eigenvalue weighted by Gasteiger charge is -1.95. The lowest BCUT2D eigenvalue weighted by atomic mass is 10.2. The zero-order valence-electron chi connectivity index (χ0n) is 7.91. The van der Waals surface area contributed by atoms with Crippen molar-refractivity contribution in [2.75, 3.05) is 0 Å². The van der Waals surface area contributed by atoms with Gasteiger partial charge in [0.05, 0.1) is 0 Å². The van der Waals surface area contributed by atoms with Crippen molar-refractivity contribution >= 4 is 11.8 Å². The van der Waals surface area contributed by atoms with Gasteiger partial charge in [-0.15, -0.1) is 0 Å². The zero-order valence-corrected chi connectivity index (χ0v) is 7.91. The Morgan fingerprint density at radius 1 is 1.54 bits per heavy atom. The van der Waals surface area contributed by atoms with Crippen LogP contribution in [-0.4, -0.2) is 10.1 Å². The maximum absolute atomic E-state index is 9.48. The number of aryl methyl sites for hydroxylation is 1. The second-order valence-corrected chi connectivity index (χ2v) is 2.77. The van der Waals surface area contributed by atoms with E-state index >= 15 is 0 Å². The van der Waals surface area contributed by atoms with Crippen LogP contribution in [0, 0.1) is 6.92 Å². The van der Waals surface area contributed by atoms with Gasteiger partial charge in [-0.25, -0.2) is 4.98 Å². The highest BCUT2D eigenvalue weighted by Gasteiger charge is 1.93. The first-order valence-electron chi connectivity index (χ1n) is 4.14. The molecule has 0 aliphatic carbocycles. The summed E-state index contributed by atoms with van der Waals surface area (Å²) in [5.41, 5.74) is 0.883. The third-order valence-electron chi connectivity index (χ3n) is 1.81. The molecule has 1 aromatic rings. The Kier molecular flexibility index (Phi) is 2.85. The largest absolute Gasteiger partial charge is 0.506 e. The molecule has 0 aliphatic heterocycles. The molecule has 1 heterocycles. The SMILES string of the molecule is C=C/C(O)=c1/nc(C)cc/c1=C/C. The second-order valence-electron chi connectivity index (χ2n) is 2.77. The van der Waals surface area contributed by atoms with Crippen LogP contribution >= 0.6 is 0 Å². The number of aromatic nitrogens is 1. The molecule has 0 atom stereocenters. The second kappa shape index (κ2) is 3.90. The van der Waals surface area contributed by atoms with E-state index in [1.54, 1.807) is 0 Å². The first-order valence-corrected chi connectivity index (χ1v) is 4.14. The molecule has 2 nitrogen and oxygen atoms in total. The number of hydrogen-bond acceptors (Lipinski definition) is 2. The zero-order chi connectivity index (χ0) is 9.84. The van der Waals surface area contributed by atoms with Crippen molar-refractivity contribution in [3.8, 4) is 0 Å². The summed E-state index contributed by atoms with van der Waals surface area (Å²) in [6, 6.07) is 3.84. The summed E-state index contributed by atoms with van der Waals surface area (Å²) in [6.45, 7) is 7.30. The van der Waals surface area contributed by atoms with Crippen LogP contribution in [0.2, 0.25) is 0 Å². The third kappa shape index (κ3) is 1.96. The highest BCUT2D eigenvalue weighted by molar-refractivity contribution is 5.45. The Balaban J connectivity index is 3.70. The number of hydrogen-bond donors (Lipinski definition) is 1. The molecule has 0 fully saturated rings. The van der Waals surface area contributed by atoms with Crippen LogP contribution in [0.4, 0.5) is 0 Å². The number of pyridine rings is 1. The van der Waals surface area contributed by atoms with Crippen molar-refractivity contribution < 1.29 is 5.11 Å². The van der Waals surface area contributed by atoms with Crippen molar-refractivity contribution in [2.24, 2.45) is 0 Å². The van der Waals surface area contributed by atoms with E-state index in [1.807, 2.05) is 32.1 Å². The Morgan fingerprint density at radius 3 is 2.77 bits per heavy atom. The summed E-state index contributed by atoms with van der Waals surface area (Å²) in [5.74, 6) is 0.122. The molecular weight excluding hydrogens is 162 g/mol. The van der Waals surface area contributed by atoms with Crippen LogP contribution in [0.1, 0.15) is 12.6 Å². The summed E-state index contributed by atoms with van der Waals surface area (Å²) in [7, 11) is 0. The minimum absolute atomic E-state index is 0.122. The lowest BCUT2D eigenvalue weighted by Crippen LogP contribution is -2.30. The molecule has 0 aromatic carbocycles. The van der Waals surface area contributed by atoms with Gasteiger partial charge in [-0.05, 0) is 31.2 Å². The average Bonchev–Trinajstić information content (AvgIpc) is 2.16. The number of rotatable bonds is 1. The fourth-order valence-electron chi connectivity index (χ4n) is 1.10. The minimum Gasteiger partial charge on any atom is -0.506 e. The molecule has 0 radical (unpaired) electrons. The van der Waals surface area contributed by atoms with Crippen LogP contribution < -0.4 is 10.6 Å². The molecule has 2 heteroatoms. The summed E-state index contributed by atoms with van der Waals surface area (Å²) >= 11 is 0. The van der Waals surface area contributed by atoms with Gasteiger partial charge < -0.3 is 5.11 Å². The van der Waals surface area contributed by atoms with Gasteiger partial charge >= 0.3 is 0 Å². The van der Waals surface area contributed by atoms with Crippen LogP contribution in [-0.2, 0) is 0 Å². The molecule has 0 saturated heterocycles. The van der Waals surface area contributed by atoms with E-state index in [1.165, 1.54) is 6.08 Å². The first-order chi connectivity index (χ1) is 6.19. The quantitative estimate of drug-likeness (QED) is 0.692. The number of aliphatic hydroxyl groups is 1. The van der Waals surface area contributed by atoms with Gasteiger partial charge in [0.25, 0.3) is 0 Å². The molecule has 0 amide bonds. The number of aliphatic hydroxyl groups excluding tert-OH is 1. The fraction of sp³-hybridized carbons (Fsp3) is 0.182. The predicted octanol–water partition coefficient (Wildman–Crippen LogP) is 1.04. The van der Waals surface area contributed by atoms with Crippen molar-refractivity contribution in [1.29, 1.82) is 0 Å². The van der Waals surface area contributed by atoms with Crippen LogP contribution in [0.25, 0.3) is 11.8 Å². The predicted molar refractivity (Wildman–Crippen MR) is 54.6 cm³/mol. The molecular formula is C11H13NO. The van der Waals surface area contributed by atoms with Gasteiger partial charge in [-0.1, -0.05) is 18.7 Å². The van der Waals surface area contributed by atoms with Gasteiger partial charge in [0.1, 0.15) is 11.1 Å². The summed E-state index contributed by atoms with van der Waals surface area (Å²) < 4.78 is 0. The first kappa shape index (κ1) is 9.52. The monoisotopic (exact) mass is 175 g/mol. The third-order valence-corrected chi connectivity index (χ3v) is 1.81. The van der Waals surface area contributed by atoms with Gasteiger partial charge in [0.2, 0.25) is 0 Å². The minimum atomic E-state index is 0.122. The Hall–Kier alpha value is -1.57. The van der Waals surface area contributed by atoms with E-state index in [-0.39, 0.29) is 5.76 Å². The Bertz CT molecular complexity index is 432. The Morgan fingerprint density at radius 2 is 2.23 bits per heavy atom. The molecule has 0 bridgehead atoms. The highest BCUT2D eigenvalue weighted by Crippen LogP contribution is 1.85. The molecule has 1 N–H and O–H groups in total. The van der Waals surface area contributed by atoms with Crippen LogP contribution in [0.15, 0.2) is 24.8 Å². The van der Waals surface area contributed by atoms with E-state index < -0.39 is 0 Å². The topological polar surface area (TPSA) is 33.1 Å². The summed E-state index contributed by atoms with van der Waals surface area (Å²) in [5, 5.41) is 11.0. The summed E-state index contributed by atoms with van der Waals surface area (Å²) in [4.78, 5) is 4.23. The van der Waals surface area contributed by atoms with Gasteiger partial charge in [0, 0.05) is 5.69 Å². The standard InChI is InChI=1S/C11H13NO/c1-4-9-7-6-8(3)12-11(9)10(13)5-2/h4-7,13H,2H2,1,3H3/b9-4-,11-10-. The molecule has 0 spiro atoms. The molecule has 1 rings (SSSR count). The maximum atomic E-state index is 9.48. The van der Waals surface area contributed by atoms with E-state index in [0.717, 1.165) is 10.9 Å². The lowest BCUT2D eigenvalue weighted by molar-refractivity contribution is 0.509. The number of nitrogens with zero attached hydrogens (tertiary/aromatic N) is 1. The average molecular weight is 175 g/mol.